The summed E-state index contributed by atoms with van der Waals surface area (Å²) >= 11 is 5.24. The number of hydrogen-bond acceptors (Lipinski definition) is 5. The zero-order valence-electron chi connectivity index (χ0n) is 13.0. The van der Waals surface area contributed by atoms with E-state index < -0.39 is 0 Å². The summed E-state index contributed by atoms with van der Waals surface area (Å²) in [4.78, 5) is 0. The molecule has 122 valence electrons. The van der Waals surface area contributed by atoms with E-state index in [9.17, 15) is 5.11 Å². The highest BCUT2D eigenvalue weighted by atomic mass is 32.1. The van der Waals surface area contributed by atoms with Crippen molar-refractivity contribution in [2.45, 2.75) is 6.92 Å². The van der Waals surface area contributed by atoms with Gasteiger partial charge in [-0.3, -0.25) is 0 Å². The topological polar surface area (TPSA) is 75.4 Å². The third-order valence-corrected chi connectivity index (χ3v) is 3.55. The fourth-order valence-corrected chi connectivity index (χ4v) is 2.32. The highest BCUT2D eigenvalue weighted by Crippen LogP contribution is 2.21. The first-order valence-corrected chi connectivity index (χ1v) is 7.82. The van der Waals surface area contributed by atoms with Crippen LogP contribution >= 0.6 is 12.2 Å². The molecule has 0 saturated carbocycles. The standard InChI is InChI=1S/C17H16N4O2S/c1-2-23-15-9-5-13(6-10-15)16-19-20-17(24)21(16)18-11-12-3-7-14(22)8-4-12/h3-11,22H,2H2,1H3,(H,20,24). The minimum atomic E-state index is 0.210. The van der Waals surface area contributed by atoms with Gasteiger partial charge in [0.05, 0.1) is 12.8 Å². The SMILES string of the molecule is CCOc1ccc(-c2n[nH]c(=S)n2N=Cc2ccc(O)cc2)cc1. The van der Waals surface area contributed by atoms with Crippen molar-refractivity contribution in [3.63, 3.8) is 0 Å². The predicted octanol–water partition coefficient (Wildman–Crippen LogP) is 3.59. The molecule has 1 aromatic heterocycles. The Morgan fingerprint density at radius 2 is 1.92 bits per heavy atom. The Hall–Kier alpha value is -2.93. The number of phenolic OH excluding ortho intramolecular Hbond substituents is 1. The van der Waals surface area contributed by atoms with Crippen molar-refractivity contribution in [2.75, 3.05) is 6.61 Å². The first kappa shape index (κ1) is 15.9. The lowest BCUT2D eigenvalue weighted by Gasteiger charge is -2.04. The van der Waals surface area contributed by atoms with Gasteiger partial charge in [-0.2, -0.15) is 14.9 Å². The summed E-state index contributed by atoms with van der Waals surface area (Å²) in [5.74, 6) is 1.62. The highest BCUT2D eigenvalue weighted by Gasteiger charge is 2.08. The maximum absolute atomic E-state index is 9.31. The number of nitrogens with zero attached hydrogens (tertiary/aromatic N) is 3. The molecule has 0 saturated heterocycles. The van der Waals surface area contributed by atoms with Gasteiger partial charge >= 0.3 is 0 Å². The average Bonchev–Trinajstić information content (AvgIpc) is 2.96. The van der Waals surface area contributed by atoms with Gasteiger partial charge in [0.25, 0.3) is 0 Å². The zero-order valence-corrected chi connectivity index (χ0v) is 13.8. The van der Waals surface area contributed by atoms with Crippen LogP contribution in [0.15, 0.2) is 53.6 Å². The fourth-order valence-electron chi connectivity index (χ4n) is 2.14. The minimum absolute atomic E-state index is 0.210. The molecule has 0 amide bonds. The summed E-state index contributed by atoms with van der Waals surface area (Å²) in [6.07, 6.45) is 1.66. The lowest BCUT2D eigenvalue weighted by Crippen LogP contribution is -1.95. The van der Waals surface area contributed by atoms with Crippen LogP contribution in [0.2, 0.25) is 0 Å². The molecule has 3 rings (SSSR count). The largest absolute Gasteiger partial charge is 0.508 e. The summed E-state index contributed by atoms with van der Waals surface area (Å²) in [6, 6.07) is 14.3. The monoisotopic (exact) mass is 340 g/mol. The van der Waals surface area contributed by atoms with Crippen LogP contribution in [0.5, 0.6) is 11.5 Å². The molecule has 0 aliphatic rings. The average molecular weight is 340 g/mol. The molecule has 0 radical (unpaired) electrons. The van der Waals surface area contributed by atoms with E-state index in [1.165, 1.54) is 0 Å². The second-order valence-electron chi connectivity index (χ2n) is 4.96. The van der Waals surface area contributed by atoms with Crippen molar-refractivity contribution < 1.29 is 9.84 Å². The van der Waals surface area contributed by atoms with E-state index in [1.807, 2.05) is 31.2 Å². The Bertz CT molecular complexity index is 896. The predicted molar refractivity (Wildman–Crippen MR) is 95.1 cm³/mol. The van der Waals surface area contributed by atoms with E-state index in [0.717, 1.165) is 16.9 Å². The number of phenols is 1. The molecule has 7 heteroatoms. The number of aromatic nitrogens is 3. The van der Waals surface area contributed by atoms with Gasteiger partial charge < -0.3 is 9.84 Å². The Balaban J connectivity index is 1.91. The van der Waals surface area contributed by atoms with E-state index >= 15 is 0 Å². The Morgan fingerprint density at radius 3 is 2.58 bits per heavy atom. The van der Waals surface area contributed by atoms with Gasteiger partial charge in [-0.25, -0.2) is 5.10 Å². The van der Waals surface area contributed by atoms with Gasteiger partial charge in [0.1, 0.15) is 11.5 Å². The van der Waals surface area contributed by atoms with Crippen LogP contribution in [-0.4, -0.2) is 32.8 Å². The molecule has 0 atom stereocenters. The smallest absolute Gasteiger partial charge is 0.216 e. The Morgan fingerprint density at radius 1 is 1.21 bits per heavy atom. The molecular formula is C17H16N4O2S. The number of ether oxygens (including phenoxy) is 1. The van der Waals surface area contributed by atoms with E-state index in [0.29, 0.717) is 17.2 Å². The van der Waals surface area contributed by atoms with Crippen LogP contribution in [0.4, 0.5) is 0 Å². The summed E-state index contributed by atoms with van der Waals surface area (Å²) in [5, 5.41) is 20.7. The quantitative estimate of drug-likeness (QED) is 0.550. The van der Waals surface area contributed by atoms with E-state index in [-0.39, 0.29) is 5.75 Å². The first-order chi connectivity index (χ1) is 11.7. The Kier molecular flexibility index (Phi) is 4.72. The molecule has 3 aromatic rings. The summed E-state index contributed by atoms with van der Waals surface area (Å²) < 4.78 is 7.39. The van der Waals surface area contributed by atoms with Crippen LogP contribution in [0.25, 0.3) is 11.4 Å². The van der Waals surface area contributed by atoms with E-state index in [2.05, 4.69) is 15.3 Å². The fraction of sp³-hybridized carbons (Fsp3) is 0.118. The van der Waals surface area contributed by atoms with Crippen LogP contribution in [0.1, 0.15) is 12.5 Å². The van der Waals surface area contributed by atoms with Gasteiger partial charge in [0, 0.05) is 5.56 Å². The van der Waals surface area contributed by atoms with Crippen molar-refractivity contribution >= 4 is 18.4 Å². The Labute approximate surface area is 144 Å². The number of hydrogen-bond donors (Lipinski definition) is 2. The van der Waals surface area contributed by atoms with Crippen LogP contribution in [0.3, 0.4) is 0 Å². The molecule has 0 spiro atoms. The lowest BCUT2D eigenvalue weighted by molar-refractivity contribution is 0.340. The van der Waals surface area contributed by atoms with Crippen molar-refractivity contribution in [3.8, 4) is 22.9 Å². The zero-order chi connectivity index (χ0) is 16.9. The van der Waals surface area contributed by atoms with Gasteiger partial charge in [0.15, 0.2) is 5.82 Å². The maximum Gasteiger partial charge on any atom is 0.216 e. The van der Waals surface area contributed by atoms with Crippen molar-refractivity contribution in [2.24, 2.45) is 5.10 Å². The van der Waals surface area contributed by atoms with Crippen molar-refractivity contribution in [3.05, 3.63) is 58.9 Å². The molecule has 6 nitrogen and oxygen atoms in total. The molecule has 0 unspecified atom stereocenters. The van der Waals surface area contributed by atoms with Crippen LogP contribution in [0, 0.1) is 4.77 Å². The number of H-pyrrole nitrogens is 1. The third kappa shape index (κ3) is 3.52. The number of aromatic hydroxyl groups is 1. The number of nitrogens with one attached hydrogen (secondary N) is 1. The van der Waals surface area contributed by atoms with Crippen molar-refractivity contribution in [1.82, 2.24) is 14.9 Å². The van der Waals surface area contributed by atoms with Gasteiger partial charge in [-0.15, -0.1) is 0 Å². The molecule has 0 aliphatic heterocycles. The molecule has 0 fully saturated rings. The molecule has 0 bridgehead atoms. The number of aromatic amines is 1. The second kappa shape index (κ2) is 7.10. The van der Waals surface area contributed by atoms with Crippen LogP contribution < -0.4 is 4.74 Å². The lowest BCUT2D eigenvalue weighted by atomic mass is 10.2. The summed E-state index contributed by atoms with van der Waals surface area (Å²) in [6.45, 7) is 2.56. The van der Waals surface area contributed by atoms with Gasteiger partial charge in [-0.05, 0) is 73.2 Å². The normalized spacial score (nSPS) is 11.0. The summed E-state index contributed by atoms with van der Waals surface area (Å²) in [5.41, 5.74) is 1.71. The second-order valence-corrected chi connectivity index (χ2v) is 5.34. The van der Waals surface area contributed by atoms with E-state index in [1.54, 1.807) is 35.2 Å². The molecule has 0 aliphatic carbocycles. The maximum atomic E-state index is 9.31. The van der Waals surface area contributed by atoms with E-state index in [4.69, 9.17) is 17.0 Å². The molecule has 2 N–H and O–H groups in total. The van der Waals surface area contributed by atoms with Gasteiger partial charge in [0.2, 0.25) is 4.77 Å². The van der Waals surface area contributed by atoms with Crippen molar-refractivity contribution in [1.29, 1.82) is 0 Å². The third-order valence-electron chi connectivity index (χ3n) is 3.29. The molecule has 2 aromatic carbocycles. The minimum Gasteiger partial charge on any atom is -0.508 e. The summed E-state index contributed by atoms with van der Waals surface area (Å²) in [7, 11) is 0. The number of benzene rings is 2. The molecule has 1 heterocycles. The highest BCUT2D eigenvalue weighted by molar-refractivity contribution is 7.71. The van der Waals surface area contributed by atoms with Crippen LogP contribution in [-0.2, 0) is 0 Å². The molecule has 24 heavy (non-hydrogen) atoms. The van der Waals surface area contributed by atoms with Gasteiger partial charge in [-0.1, -0.05) is 0 Å². The number of rotatable bonds is 5. The molecular weight excluding hydrogens is 324 g/mol. The first-order valence-electron chi connectivity index (χ1n) is 7.41.